The van der Waals surface area contributed by atoms with Crippen LogP contribution < -0.4 is 0 Å². The van der Waals surface area contributed by atoms with Gasteiger partial charge in [0.2, 0.25) is 0 Å². The Bertz CT molecular complexity index is 942. The summed E-state index contributed by atoms with van der Waals surface area (Å²) < 4.78 is 83.6. The second-order valence-corrected chi connectivity index (χ2v) is 10.6. The fraction of sp³-hybridized carbons (Fsp3) is 0.552. The molecule has 0 aromatic heterocycles. The minimum Gasteiger partial charge on any atom is -0.300 e. The molecule has 0 aliphatic heterocycles. The molecule has 2 aliphatic carbocycles. The molecule has 0 saturated heterocycles. The van der Waals surface area contributed by atoms with Crippen molar-refractivity contribution in [2.24, 2.45) is 11.8 Å². The number of carbonyl (C=O) groups is 1. The summed E-state index contributed by atoms with van der Waals surface area (Å²) in [6, 6.07) is 3.92. The van der Waals surface area contributed by atoms with Crippen LogP contribution in [0, 0.1) is 46.7 Å². The number of carbonyl (C=O) groups excluding carboxylic acids is 1. The van der Waals surface area contributed by atoms with Gasteiger partial charge in [-0.05, 0) is 84.7 Å². The third-order valence-corrected chi connectivity index (χ3v) is 8.20. The number of ketones is 1. The molecule has 0 N–H and O–H groups in total. The first-order valence-corrected chi connectivity index (χ1v) is 13.0. The Morgan fingerprint density at radius 3 is 1.19 bits per heavy atom. The van der Waals surface area contributed by atoms with Gasteiger partial charge in [0.05, 0.1) is 0 Å². The lowest BCUT2D eigenvalue weighted by Gasteiger charge is -2.33. The highest BCUT2D eigenvalue weighted by Crippen LogP contribution is 2.42. The van der Waals surface area contributed by atoms with Gasteiger partial charge in [-0.3, -0.25) is 4.79 Å². The Morgan fingerprint density at radius 1 is 0.583 bits per heavy atom. The molecule has 196 valence electrons. The molecule has 0 heterocycles. The van der Waals surface area contributed by atoms with Crippen LogP contribution in [0.2, 0.25) is 0 Å². The van der Waals surface area contributed by atoms with Gasteiger partial charge in [-0.25, -0.2) is 26.3 Å². The fourth-order valence-corrected chi connectivity index (χ4v) is 6.34. The average Bonchev–Trinajstić information content (AvgIpc) is 2.88. The first-order valence-electron chi connectivity index (χ1n) is 13.0. The molecule has 2 unspecified atom stereocenters. The predicted molar refractivity (Wildman–Crippen MR) is 126 cm³/mol. The molecule has 2 aromatic carbocycles. The van der Waals surface area contributed by atoms with Crippen LogP contribution in [-0.4, -0.2) is 5.78 Å². The highest BCUT2D eigenvalue weighted by atomic mass is 19.2. The molecule has 2 fully saturated rings. The van der Waals surface area contributed by atoms with Gasteiger partial charge in [-0.2, -0.15) is 0 Å². The van der Waals surface area contributed by atoms with E-state index >= 15 is 0 Å². The maximum absolute atomic E-state index is 14.1. The van der Waals surface area contributed by atoms with Crippen molar-refractivity contribution in [2.75, 3.05) is 0 Å². The van der Waals surface area contributed by atoms with Gasteiger partial charge in [0.15, 0.2) is 34.9 Å². The fourth-order valence-electron chi connectivity index (χ4n) is 6.34. The van der Waals surface area contributed by atoms with Crippen molar-refractivity contribution < 1.29 is 31.1 Å². The maximum atomic E-state index is 14.1. The molecule has 0 bridgehead atoms. The largest absolute Gasteiger partial charge is 0.300 e. The van der Waals surface area contributed by atoms with Crippen molar-refractivity contribution in [3.63, 3.8) is 0 Å². The zero-order valence-corrected chi connectivity index (χ0v) is 20.3. The van der Waals surface area contributed by atoms with Crippen molar-refractivity contribution in [1.82, 2.24) is 0 Å². The van der Waals surface area contributed by atoms with E-state index in [1.807, 2.05) is 0 Å². The lowest BCUT2D eigenvalue weighted by Crippen LogP contribution is -2.24. The molecular formula is C29H32F6O. The summed E-state index contributed by atoms with van der Waals surface area (Å²) in [5.41, 5.74) is 0.527. The van der Waals surface area contributed by atoms with E-state index in [0.717, 1.165) is 88.5 Å². The van der Waals surface area contributed by atoms with Crippen LogP contribution in [0.4, 0.5) is 26.3 Å². The van der Waals surface area contributed by atoms with Crippen molar-refractivity contribution in [3.05, 3.63) is 70.3 Å². The summed E-state index contributed by atoms with van der Waals surface area (Å²) in [5.74, 6) is -9.28. The Morgan fingerprint density at radius 2 is 0.889 bits per heavy atom. The van der Waals surface area contributed by atoms with Crippen LogP contribution in [0.5, 0.6) is 0 Å². The zero-order chi connectivity index (χ0) is 25.8. The second-order valence-electron chi connectivity index (χ2n) is 10.6. The lowest BCUT2D eigenvalue weighted by atomic mass is 9.71. The number of hydrogen-bond donors (Lipinski definition) is 0. The Kier molecular flexibility index (Phi) is 8.78. The molecule has 2 aromatic rings. The maximum Gasteiger partial charge on any atom is 0.194 e. The smallest absolute Gasteiger partial charge is 0.194 e. The molecular weight excluding hydrogens is 478 g/mol. The van der Waals surface area contributed by atoms with Gasteiger partial charge in [0, 0.05) is 12.8 Å². The second kappa shape index (κ2) is 11.8. The number of Topliss-reactive ketones (excluding diaryl/α,β-unsaturated/α-hetero) is 1. The number of halogens is 6. The monoisotopic (exact) mass is 510 g/mol. The first kappa shape index (κ1) is 26.7. The standard InChI is InChI=1S/C29H32F6O/c30-24-11-19(12-25(31)28(24)34)22(17-7-3-1-4-8-17)15-21(36)16-23(18-9-5-2-6-10-18)20-13-26(32)29(35)27(33)14-20/h11-14,17-18,22-23H,1-10,15-16H2. The van der Waals surface area contributed by atoms with E-state index in [2.05, 4.69) is 0 Å². The topological polar surface area (TPSA) is 17.1 Å². The van der Waals surface area contributed by atoms with Crippen molar-refractivity contribution in [2.45, 2.75) is 88.9 Å². The van der Waals surface area contributed by atoms with Crippen LogP contribution >= 0.6 is 0 Å². The van der Waals surface area contributed by atoms with Gasteiger partial charge < -0.3 is 0 Å². The molecule has 4 rings (SSSR count). The van der Waals surface area contributed by atoms with Crippen LogP contribution in [0.25, 0.3) is 0 Å². The predicted octanol–water partition coefficient (Wildman–Crippen LogP) is 8.90. The van der Waals surface area contributed by atoms with Gasteiger partial charge in [-0.15, -0.1) is 0 Å². The Hall–Kier alpha value is -2.31. The normalized spacial score (nSPS) is 19.3. The molecule has 36 heavy (non-hydrogen) atoms. The molecule has 2 saturated carbocycles. The van der Waals surface area contributed by atoms with Crippen LogP contribution in [0.15, 0.2) is 24.3 Å². The zero-order valence-electron chi connectivity index (χ0n) is 20.3. The first-order chi connectivity index (χ1) is 17.2. The molecule has 0 amide bonds. The summed E-state index contributed by atoms with van der Waals surface area (Å²) in [7, 11) is 0. The third-order valence-electron chi connectivity index (χ3n) is 8.20. The van der Waals surface area contributed by atoms with E-state index in [9.17, 15) is 31.1 Å². The van der Waals surface area contributed by atoms with Crippen LogP contribution in [-0.2, 0) is 4.79 Å². The van der Waals surface area contributed by atoms with E-state index in [1.54, 1.807) is 0 Å². The summed E-state index contributed by atoms with van der Waals surface area (Å²) in [5, 5.41) is 0. The van der Waals surface area contributed by atoms with Gasteiger partial charge in [0.25, 0.3) is 0 Å². The Labute approximate surface area is 208 Å². The highest BCUT2D eigenvalue weighted by molar-refractivity contribution is 5.80. The van der Waals surface area contributed by atoms with Crippen molar-refractivity contribution in [1.29, 1.82) is 0 Å². The van der Waals surface area contributed by atoms with E-state index in [0.29, 0.717) is 0 Å². The molecule has 2 aliphatic rings. The van der Waals surface area contributed by atoms with Crippen LogP contribution in [0.3, 0.4) is 0 Å². The van der Waals surface area contributed by atoms with Gasteiger partial charge in [0.1, 0.15) is 5.78 Å². The molecule has 1 nitrogen and oxygen atoms in total. The lowest BCUT2D eigenvalue weighted by molar-refractivity contribution is -0.120. The highest BCUT2D eigenvalue weighted by Gasteiger charge is 2.33. The minimum atomic E-state index is -1.54. The quantitative estimate of drug-likeness (QED) is 0.256. The molecule has 0 spiro atoms. The summed E-state index contributed by atoms with van der Waals surface area (Å²) in [6.07, 6.45) is 9.11. The van der Waals surface area contributed by atoms with Crippen molar-refractivity contribution >= 4 is 5.78 Å². The molecule has 0 radical (unpaired) electrons. The van der Waals surface area contributed by atoms with E-state index in [4.69, 9.17) is 0 Å². The van der Waals surface area contributed by atoms with E-state index in [1.165, 1.54) is 0 Å². The number of benzene rings is 2. The summed E-state index contributed by atoms with van der Waals surface area (Å²) in [4.78, 5) is 13.4. The SMILES string of the molecule is O=C(CC(c1cc(F)c(F)c(F)c1)C1CCCCC1)CC(c1cc(F)c(F)c(F)c1)C1CCCCC1. The average molecular weight is 511 g/mol. The third kappa shape index (κ3) is 6.15. The summed E-state index contributed by atoms with van der Waals surface area (Å²) >= 11 is 0. The minimum absolute atomic E-state index is 0.00452. The van der Waals surface area contributed by atoms with Gasteiger partial charge >= 0.3 is 0 Å². The van der Waals surface area contributed by atoms with Crippen molar-refractivity contribution in [3.8, 4) is 0 Å². The van der Waals surface area contributed by atoms with Crippen LogP contribution in [0.1, 0.15) is 100 Å². The Balaban J connectivity index is 1.61. The molecule has 2 atom stereocenters. The number of rotatable bonds is 8. The van der Waals surface area contributed by atoms with E-state index in [-0.39, 0.29) is 41.6 Å². The van der Waals surface area contributed by atoms with Gasteiger partial charge in [-0.1, -0.05) is 38.5 Å². The van der Waals surface area contributed by atoms with E-state index < -0.39 is 46.7 Å². The summed E-state index contributed by atoms with van der Waals surface area (Å²) in [6.45, 7) is 0. The number of hydrogen-bond acceptors (Lipinski definition) is 1. The molecule has 7 heteroatoms.